The van der Waals surface area contributed by atoms with Gasteiger partial charge in [0.15, 0.2) is 0 Å². The van der Waals surface area contributed by atoms with Gasteiger partial charge in [-0.15, -0.1) is 0 Å². The molecule has 0 amide bonds. The van der Waals surface area contributed by atoms with Gasteiger partial charge in [0, 0.05) is 18.5 Å². The number of hydrogen-bond acceptors (Lipinski definition) is 3. The maximum absolute atomic E-state index is 9.30. The predicted octanol–water partition coefficient (Wildman–Crippen LogP) is 1.12. The van der Waals surface area contributed by atoms with Crippen molar-refractivity contribution in [1.82, 2.24) is 4.90 Å². The smallest absolute Gasteiger partial charge is 0.0519 e. The molecule has 0 aromatic carbocycles. The number of nitrogens with zero attached hydrogens (tertiary/aromatic N) is 1. The van der Waals surface area contributed by atoms with Crippen molar-refractivity contribution in [3.8, 4) is 0 Å². The quantitative estimate of drug-likeness (QED) is 0.683. The van der Waals surface area contributed by atoms with Crippen molar-refractivity contribution in [1.29, 1.82) is 0 Å². The molecule has 2 aliphatic carbocycles. The monoisotopic (exact) mass is 239 g/mol. The average Bonchev–Trinajstić information content (AvgIpc) is 2.90. The van der Waals surface area contributed by atoms with Crippen LogP contribution in [-0.2, 0) is 0 Å². The van der Waals surface area contributed by atoms with Crippen molar-refractivity contribution in [3.05, 3.63) is 12.2 Å². The van der Waals surface area contributed by atoms with Crippen molar-refractivity contribution >= 4 is 0 Å². The Bertz CT molecular complexity index is 286. The van der Waals surface area contributed by atoms with Crippen LogP contribution in [0.15, 0.2) is 12.2 Å². The van der Waals surface area contributed by atoms with Gasteiger partial charge in [0.05, 0.1) is 13.2 Å². The van der Waals surface area contributed by atoms with Gasteiger partial charge < -0.3 is 15.1 Å². The summed E-state index contributed by atoms with van der Waals surface area (Å²) in [7, 11) is 2.10. The van der Waals surface area contributed by atoms with E-state index in [0.717, 1.165) is 30.8 Å². The molecule has 2 aliphatic rings. The Morgan fingerprint density at radius 3 is 2.41 bits per heavy atom. The normalized spacial score (nSPS) is 31.7. The third-order valence-corrected chi connectivity index (χ3v) is 4.38. The molecule has 98 valence electrons. The van der Waals surface area contributed by atoms with Crippen molar-refractivity contribution < 1.29 is 10.2 Å². The Kier molecular flexibility index (Phi) is 3.91. The Labute approximate surface area is 104 Å². The second-order valence-corrected chi connectivity index (χ2v) is 6.36. The van der Waals surface area contributed by atoms with E-state index >= 15 is 0 Å². The summed E-state index contributed by atoms with van der Waals surface area (Å²) in [5, 5.41) is 18.6. The van der Waals surface area contributed by atoms with Gasteiger partial charge in [-0.05, 0) is 37.6 Å². The predicted molar refractivity (Wildman–Crippen MR) is 68.6 cm³/mol. The molecule has 0 radical (unpaired) electrons. The molecule has 3 heteroatoms. The van der Waals surface area contributed by atoms with Gasteiger partial charge in [-0.1, -0.05) is 19.1 Å². The molecule has 2 bridgehead atoms. The van der Waals surface area contributed by atoms with E-state index in [4.69, 9.17) is 0 Å². The maximum atomic E-state index is 9.30. The van der Waals surface area contributed by atoms with E-state index in [1.54, 1.807) is 0 Å². The number of hydrogen-bond donors (Lipinski definition) is 2. The van der Waals surface area contributed by atoms with Gasteiger partial charge in [-0.25, -0.2) is 0 Å². The zero-order chi connectivity index (χ0) is 12.5. The molecular weight excluding hydrogens is 214 g/mol. The third-order valence-electron chi connectivity index (χ3n) is 4.38. The lowest BCUT2D eigenvalue weighted by atomic mass is 9.90. The highest BCUT2D eigenvalue weighted by Gasteiger charge is 2.36. The topological polar surface area (TPSA) is 43.7 Å². The Morgan fingerprint density at radius 2 is 1.94 bits per heavy atom. The SMILES string of the molecule is CN(CC1CC2C=CC1C2)CC(C)(CO)CO. The third kappa shape index (κ3) is 2.90. The molecule has 0 spiro atoms. The summed E-state index contributed by atoms with van der Waals surface area (Å²) >= 11 is 0. The fraction of sp³-hybridized carbons (Fsp3) is 0.857. The van der Waals surface area contributed by atoms with E-state index in [1.807, 2.05) is 6.92 Å². The van der Waals surface area contributed by atoms with Crippen LogP contribution in [0.5, 0.6) is 0 Å². The van der Waals surface area contributed by atoms with Crippen LogP contribution in [0.3, 0.4) is 0 Å². The fourth-order valence-corrected chi connectivity index (χ4v) is 3.37. The minimum Gasteiger partial charge on any atom is -0.396 e. The van der Waals surface area contributed by atoms with Gasteiger partial charge >= 0.3 is 0 Å². The molecule has 0 aromatic rings. The molecular formula is C14H25NO2. The van der Waals surface area contributed by atoms with Gasteiger partial charge in [0.2, 0.25) is 0 Å². The van der Waals surface area contributed by atoms with Crippen LogP contribution in [0, 0.1) is 23.2 Å². The highest BCUT2D eigenvalue weighted by Crippen LogP contribution is 2.43. The van der Waals surface area contributed by atoms with Gasteiger partial charge in [0.1, 0.15) is 0 Å². The Hall–Kier alpha value is -0.380. The van der Waals surface area contributed by atoms with E-state index in [0.29, 0.717) is 0 Å². The average molecular weight is 239 g/mol. The molecule has 3 unspecified atom stereocenters. The van der Waals surface area contributed by atoms with Crippen LogP contribution < -0.4 is 0 Å². The first-order chi connectivity index (χ1) is 8.06. The molecule has 3 nitrogen and oxygen atoms in total. The van der Waals surface area contributed by atoms with Crippen molar-refractivity contribution in [2.45, 2.75) is 19.8 Å². The van der Waals surface area contributed by atoms with E-state index in [9.17, 15) is 10.2 Å². The molecule has 0 saturated heterocycles. The van der Waals surface area contributed by atoms with Gasteiger partial charge in [-0.2, -0.15) is 0 Å². The van der Waals surface area contributed by atoms with Crippen LogP contribution in [0.2, 0.25) is 0 Å². The highest BCUT2D eigenvalue weighted by atomic mass is 16.3. The number of fused-ring (bicyclic) bond motifs is 2. The molecule has 0 aromatic heterocycles. The highest BCUT2D eigenvalue weighted by molar-refractivity contribution is 5.10. The number of allylic oxidation sites excluding steroid dienone is 2. The number of rotatable bonds is 6. The molecule has 0 aliphatic heterocycles. The summed E-state index contributed by atoms with van der Waals surface area (Å²) in [4.78, 5) is 2.27. The van der Waals surface area contributed by atoms with E-state index in [-0.39, 0.29) is 18.6 Å². The lowest BCUT2D eigenvalue weighted by molar-refractivity contribution is 0.0373. The summed E-state index contributed by atoms with van der Waals surface area (Å²) in [6.07, 6.45) is 7.41. The van der Waals surface area contributed by atoms with Gasteiger partial charge in [0.25, 0.3) is 0 Å². The first-order valence-electron chi connectivity index (χ1n) is 6.65. The van der Waals surface area contributed by atoms with Crippen molar-refractivity contribution in [2.24, 2.45) is 23.2 Å². The molecule has 0 heterocycles. The minimum absolute atomic E-state index is 0.0461. The second-order valence-electron chi connectivity index (χ2n) is 6.36. The van der Waals surface area contributed by atoms with Gasteiger partial charge in [-0.3, -0.25) is 0 Å². The Balaban J connectivity index is 1.81. The molecule has 3 atom stereocenters. The molecule has 1 saturated carbocycles. The Morgan fingerprint density at radius 1 is 1.24 bits per heavy atom. The van der Waals surface area contributed by atoms with Crippen LogP contribution >= 0.6 is 0 Å². The van der Waals surface area contributed by atoms with Crippen LogP contribution in [0.4, 0.5) is 0 Å². The first kappa shape index (κ1) is 13.1. The zero-order valence-corrected chi connectivity index (χ0v) is 11.0. The standard InChI is InChI=1S/C14H25NO2/c1-14(9-16,10-17)8-15(2)7-13-6-11-3-4-12(13)5-11/h3-4,11-13,16-17H,5-10H2,1-2H3. The summed E-state index contributed by atoms with van der Waals surface area (Å²) < 4.78 is 0. The number of aliphatic hydroxyl groups excluding tert-OH is 2. The van der Waals surface area contributed by atoms with Crippen molar-refractivity contribution in [2.75, 3.05) is 33.4 Å². The van der Waals surface area contributed by atoms with E-state index in [2.05, 4.69) is 24.1 Å². The molecule has 2 N–H and O–H groups in total. The lowest BCUT2D eigenvalue weighted by Crippen LogP contribution is -2.41. The fourth-order valence-electron chi connectivity index (χ4n) is 3.37. The molecule has 17 heavy (non-hydrogen) atoms. The minimum atomic E-state index is -0.373. The summed E-state index contributed by atoms with van der Waals surface area (Å²) in [5.74, 6) is 2.37. The van der Waals surface area contributed by atoms with E-state index < -0.39 is 0 Å². The van der Waals surface area contributed by atoms with E-state index in [1.165, 1.54) is 12.8 Å². The second kappa shape index (κ2) is 5.09. The first-order valence-corrected chi connectivity index (χ1v) is 6.65. The van der Waals surface area contributed by atoms with Crippen molar-refractivity contribution in [3.63, 3.8) is 0 Å². The lowest BCUT2D eigenvalue weighted by Gasteiger charge is -2.33. The van der Waals surface area contributed by atoms with Crippen LogP contribution in [0.25, 0.3) is 0 Å². The summed E-state index contributed by atoms with van der Waals surface area (Å²) in [5.41, 5.74) is -0.373. The summed E-state index contributed by atoms with van der Waals surface area (Å²) in [6.45, 7) is 3.87. The van der Waals surface area contributed by atoms with Crippen LogP contribution in [0.1, 0.15) is 19.8 Å². The molecule has 2 rings (SSSR count). The largest absolute Gasteiger partial charge is 0.396 e. The maximum Gasteiger partial charge on any atom is 0.0519 e. The zero-order valence-electron chi connectivity index (χ0n) is 11.0. The molecule has 1 fully saturated rings. The van der Waals surface area contributed by atoms with Crippen LogP contribution in [-0.4, -0.2) is 48.5 Å². The number of aliphatic hydroxyl groups is 2. The summed E-state index contributed by atoms with van der Waals surface area (Å²) in [6, 6.07) is 0.